The second-order valence-electron chi connectivity index (χ2n) is 4.97. The van der Waals surface area contributed by atoms with Gasteiger partial charge in [0.1, 0.15) is 5.37 Å². The van der Waals surface area contributed by atoms with E-state index in [1.807, 2.05) is 23.1 Å². The lowest BCUT2D eigenvalue weighted by Crippen LogP contribution is -3.05. The molecule has 3 nitrogen and oxygen atoms in total. The molecule has 1 N–H and O–H groups in total. The molecule has 0 spiro atoms. The van der Waals surface area contributed by atoms with Crippen molar-refractivity contribution in [2.45, 2.75) is 11.8 Å². The molecule has 0 bridgehead atoms. The summed E-state index contributed by atoms with van der Waals surface area (Å²) in [6, 6.07) is 10.3. The summed E-state index contributed by atoms with van der Waals surface area (Å²) in [4.78, 5) is 15.4. The molecule has 1 fully saturated rings. The normalized spacial score (nSPS) is 19.8. The lowest BCUT2D eigenvalue weighted by Gasteiger charge is -2.24. The van der Waals surface area contributed by atoms with Gasteiger partial charge in [0, 0.05) is 13.0 Å². The van der Waals surface area contributed by atoms with Gasteiger partial charge >= 0.3 is 0 Å². The summed E-state index contributed by atoms with van der Waals surface area (Å²) in [6.45, 7) is 1.98. The predicted molar refractivity (Wildman–Crippen MR) is 75.6 cm³/mol. The molecule has 4 heteroatoms. The van der Waals surface area contributed by atoms with Crippen molar-refractivity contribution in [1.82, 2.24) is 4.90 Å². The van der Waals surface area contributed by atoms with Gasteiger partial charge in [-0.05, 0) is 5.56 Å². The first-order valence-corrected chi connectivity index (χ1v) is 7.48. The molecule has 1 aromatic carbocycles. The molecule has 1 aliphatic heterocycles. The van der Waals surface area contributed by atoms with Gasteiger partial charge in [0.05, 0.1) is 26.4 Å². The van der Waals surface area contributed by atoms with Crippen molar-refractivity contribution < 1.29 is 9.69 Å². The number of benzene rings is 1. The molecule has 2 rings (SSSR count). The second-order valence-corrected chi connectivity index (χ2v) is 6.04. The zero-order valence-electron chi connectivity index (χ0n) is 11.1. The van der Waals surface area contributed by atoms with E-state index in [0.29, 0.717) is 5.75 Å². The van der Waals surface area contributed by atoms with Crippen molar-refractivity contribution in [3.63, 3.8) is 0 Å². The minimum absolute atomic E-state index is 0.218. The van der Waals surface area contributed by atoms with E-state index < -0.39 is 0 Å². The Hall–Kier alpha value is -1.00. The van der Waals surface area contributed by atoms with Crippen LogP contribution in [-0.2, 0) is 4.79 Å². The number of hydrogen-bond donors (Lipinski definition) is 1. The van der Waals surface area contributed by atoms with Gasteiger partial charge in [0.15, 0.2) is 0 Å². The largest absolute Gasteiger partial charge is 0.340 e. The van der Waals surface area contributed by atoms with E-state index in [4.69, 9.17) is 0 Å². The first kappa shape index (κ1) is 13.4. The number of hydrogen-bond acceptors (Lipinski definition) is 2. The summed E-state index contributed by atoms with van der Waals surface area (Å²) in [5.74, 6) is 0.900. The minimum Gasteiger partial charge on any atom is -0.340 e. The summed E-state index contributed by atoms with van der Waals surface area (Å²) in [7, 11) is 4.30. The van der Waals surface area contributed by atoms with Gasteiger partial charge in [0.2, 0.25) is 5.91 Å². The molecule has 18 heavy (non-hydrogen) atoms. The lowest BCUT2D eigenvalue weighted by atomic mass is 10.2. The fraction of sp³-hybridized carbons (Fsp3) is 0.500. The van der Waals surface area contributed by atoms with E-state index in [-0.39, 0.29) is 11.3 Å². The van der Waals surface area contributed by atoms with Gasteiger partial charge in [-0.15, -0.1) is 11.8 Å². The molecule has 0 saturated carbocycles. The highest BCUT2D eigenvalue weighted by atomic mass is 32.2. The highest BCUT2D eigenvalue weighted by Gasteiger charge is 2.32. The zero-order valence-corrected chi connectivity index (χ0v) is 11.9. The molecule has 0 aliphatic carbocycles. The number of carbonyl (C=O) groups is 1. The van der Waals surface area contributed by atoms with Crippen LogP contribution in [-0.4, -0.2) is 43.7 Å². The average Bonchev–Trinajstić information content (AvgIpc) is 2.72. The Morgan fingerprint density at radius 2 is 2.06 bits per heavy atom. The van der Waals surface area contributed by atoms with Crippen molar-refractivity contribution in [3.05, 3.63) is 35.9 Å². The molecule has 1 amide bonds. The molecule has 1 aliphatic rings. The number of quaternary nitrogens is 1. The SMILES string of the molecule is C[NH+](C)CCCN1C(=O)CSC1c1ccccc1. The van der Waals surface area contributed by atoms with E-state index >= 15 is 0 Å². The maximum Gasteiger partial charge on any atom is 0.233 e. The fourth-order valence-corrected chi connectivity index (χ4v) is 3.41. The molecule has 0 radical (unpaired) electrons. The molecular weight excluding hydrogens is 244 g/mol. The van der Waals surface area contributed by atoms with Crippen LogP contribution in [0.3, 0.4) is 0 Å². The highest BCUT2D eigenvalue weighted by molar-refractivity contribution is 8.00. The van der Waals surface area contributed by atoms with Gasteiger partial charge in [0.25, 0.3) is 0 Å². The molecule has 1 unspecified atom stereocenters. The third-order valence-corrected chi connectivity index (χ3v) is 4.38. The van der Waals surface area contributed by atoms with Crippen LogP contribution in [0.5, 0.6) is 0 Å². The highest BCUT2D eigenvalue weighted by Crippen LogP contribution is 2.38. The van der Waals surface area contributed by atoms with Crippen molar-refractivity contribution in [3.8, 4) is 0 Å². The van der Waals surface area contributed by atoms with E-state index in [0.717, 1.165) is 19.5 Å². The summed E-state index contributed by atoms with van der Waals surface area (Å²) in [6.07, 6.45) is 1.07. The van der Waals surface area contributed by atoms with E-state index in [1.165, 1.54) is 10.5 Å². The Balaban J connectivity index is 1.99. The van der Waals surface area contributed by atoms with Crippen LogP contribution in [0.15, 0.2) is 30.3 Å². The van der Waals surface area contributed by atoms with Crippen LogP contribution in [0, 0.1) is 0 Å². The van der Waals surface area contributed by atoms with Crippen LogP contribution >= 0.6 is 11.8 Å². The number of thioether (sulfide) groups is 1. The van der Waals surface area contributed by atoms with Crippen molar-refractivity contribution in [2.75, 3.05) is 32.9 Å². The Labute approximate surface area is 113 Å². The van der Waals surface area contributed by atoms with Crippen molar-refractivity contribution in [2.24, 2.45) is 0 Å². The lowest BCUT2D eigenvalue weighted by molar-refractivity contribution is -0.858. The number of rotatable bonds is 5. The monoisotopic (exact) mass is 265 g/mol. The van der Waals surface area contributed by atoms with Crippen LogP contribution in [0.1, 0.15) is 17.4 Å². The van der Waals surface area contributed by atoms with Crippen LogP contribution < -0.4 is 4.90 Å². The van der Waals surface area contributed by atoms with Gasteiger partial charge in [-0.25, -0.2) is 0 Å². The third-order valence-electron chi connectivity index (χ3n) is 3.13. The summed E-state index contributed by atoms with van der Waals surface area (Å²) in [5.41, 5.74) is 1.24. The fourth-order valence-electron chi connectivity index (χ4n) is 2.19. The Bertz CT molecular complexity index is 394. The third kappa shape index (κ3) is 3.27. The number of nitrogens with one attached hydrogen (secondary N) is 1. The molecule has 1 atom stereocenters. The Kier molecular flexibility index (Phi) is 4.66. The van der Waals surface area contributed by atoms with Crippen LogP contribution in [0.25, 0.3) is 0 Å². The Morgan fingerprint density at radius 1 is 1.33 bits per heavy atom. The zero-order chi connectivity index (χ0) is 13.0. The average molecular weight is 265 g/mol. The standard InChI is InChI=1S/C14H20N2OS/c1-15(2)9-6-10-16-13(17)11-18-14(16)12-7-4-3-5-8-12/h3-5,7-8,14H,6,9-11H2,1-2H3/p+1. The summed E-state index contributed by atoms with van der Waals surface area (Å²) >= 11 is 1.74. The molecule has 0 aromatic heterocycles. The quantitative estimate of drug-likeness (QED) is 0.851. The van der Waals surface area contributed by atoms with E-state index in [1.54, 1.807) is 11.8 Å². The maximum atomic E-state index is 11.9. The maximum absolute atomic E-state index is 11.9. The molecule has 98 valence electrons. The van der Waals surface area contributed by atoms with Gasteiger partial charge in [-0.1, -0.05) is 30.3 Å². The van der Waals surface area contributed by atoms with E-state index in [2.05, 4.69) is 26.2 Å². The van der Waals surface area contributed by atoms with E-state index in [9.17, 15) is 4.79 Å². The molecular formula is C14H21N2OS+. The minimum atomic E-state index is 0.218. The van der Waals surface area contributed by atoms with Gasteiger partial charge in [-0.3, -0.25) is 4.79 Å². The summed E-state index contributed by atoms with van der Waals surface area (Å²) in [5, 5.41) is 0.218. The Morgan fingerprint density at radius 3 is 2.72 bits per heavy atom. The van der Waals surface area contributed by atoms with Crippen molar-refractivity contribution >= 4 is 17.7 Å². The topological polar surface area (TPSA) is 24.8 Å². The number of nitrogens with zero attached hydrogens (tertiary/aromatic N) is 1. The second kappa shape index (κ2) is 6.25. The van der Waals surface area contributed by atoms with Crippen molar-refractivity contribution in [1.29, 1.82) is 0 Å². The van der Waals surface area contributed by atoms with Crippen LogP contribution in [0.2, 0.25) is 0 Å². The van der Waals surface area contributed by atoms with Gasteiger partial charge < -0.3 is 9.80 Å². The molecule has 1 saturated heterocycles. The number of amides is 1. The molecule has 1 heterocycles. The molecule has 1 aromatic rings. The predicted octanol–water partition coefficient (Wildman–Crippen LogP) is 0.795. The summed E-state index contributed by atoms with van der Waals surface area (Å²) < 4.78 is 0. The first-order chi connectivity index (χ1) is 8.68. The van der Waals surface area contributed by atoms with Crippen LogP contribution in [0.4, 0.5) is 0 Å². The van der Waals surface area contributed by atoms with Gasteiger partial charge in [-0.2, -0.15) is 0 Å². The first-order valence-electron chi connectivity index (χ1n) is 6.43. The smallest absolute Gasteiger partial charge is 0.233 e. The number of carbonyl (C=O) groups excluding carboxylic acids is 1.